The molecule has 0 atom stereocenters. The molecule has 2 aliphatic heterocycles. The van der Waals surface area contributed by atoms with E-state index >= 15 is 0 Å². The van der Waals surface area contributed by atoms with Crippen molar-refractivity contribution in [3.05, 3.63) is 64.2 Å². The largest absolute Gasteiger partial charge is 0.486 e. The summed E-state index contributed by atoms with van der Waals surface area (Å²) < 4.78 is 44.5. The molecule has 0 bridgehead atoms. The highest BCUT2D eigenvalue weighted by atomic mass is 19.4. The van der Waals surface area contributed by atoms with Gasteiger partial charge in [-0.2, -0.15) is 13.2 Å². The molecule has 0 N–H and O–H groups in total. The second-order valence-electron chi connectivity index (χ2n) is 8.14. The maximum Gasteiger partial charge on any atom is 0.416 e. The summed E-state index contributed by atoms with van der Waals surface area (Å²) in [4.78, 5) is 27.1. The van der Waals surface area contributed by atoms with E-state index in [1.165, 1.54) is 12.1 Å². The zero-order chi connectivity index (χ0) is 21.7. The molecule has 2 aromatic rings. The van der Waals surface area contributed by atoms with Crippen LogP contribution < -0.4 is 4.74 Å². The minimum atomic E-state index is -4.43. The molecule has 158 valence electrons. The van der Waals surface area contributed by atoms with E-state index in [-0.39, 0.29) is 23.7 Å². The number of ketones is 1. The van der Waals surface area contributed by atoms with E-state index in [9.17, 15) is 22.8 Å². The minimum Gasteiger partial charge on any atom is -0.486 e. The summed E-state index contributed by atoms with van der Waals surface area (Å²) in [7, 11) is 0. The Bertz CT molecular complexity index is 1000. The van der Waals surface area contributed by atoms with E-state index in [0.717, 1.165) is 23.3 Å². The summed E-state index contributed by atoms with van der Waals surface area (Å²) in [5.41, 5.74) is 1.40. The molecule has 1 saturated heterocycles. The van der Waals surface area contributed by atoms with Crippen LogP contribution in [0.25, 0.3) is 0 Å². The molecule has 2 aromatic carbocycles. The number of benzene rings is 2. The fourth-order valence-corrected chi connectivity index (χ4v) is 4.16. The van der Waals surface area contributed by atoms with Gasteiger partial charge in [-0.15, -0.1) is 0 Å². The van der Waals surface area contributed by atoms with Crippen molar-refractivity contribution in [2.45, 2.75) is 44.9 Å². The summed E-state index contributed by atoms with van der Waals surface area (Å²) in [6.07, 6.45) is -3.17. The van der Waals surface area contributed by atoms with Gasteiger partial charge in [-0.3, -0.25) is 9.59 Å². The Hall–Kier alpha value is -2.83. The molecule has 1 fully saturated rings. The van der Waals surface area contributed by atoms with Gasteiger partial charge in [-0.25, -0.2) is 0 Å². The van der Waals surface area contributed by atoms with E-state index in [2.05, 4.69) is 0 Å². The van der Waals surface area contributed by atoms with E-state index in [1.54, 1.807) is 11.0 Å². The van der Waals surface area contributed by atoms with Crippen LogP contribution in [0.4, 0.5) is 13.2 Å². The SMILES string of the molecule is Cc1ccc2c(c1C)OC1(CCN(C(=O)c3ccc(C(F)(F)F)cc3)CC1)CC2=O. The maximum atomic E-state index is 12.7. The van der Waals surface area contributed by atoms with Crippen molar-refractivity contribution in [1.29, 1.82) is 0 Å². The van der Waals surface area contributed by atoms with Gasteiger partial charge in [0.25, 0.3) is 5.91 Å². The van der Waals surface area contributed by atoms with Crippen molar-refractivity contribution < 1.29 is 27.5 Å². The van der Waals surface area contributed by atoms with Gasteiger partial charge in [0.1, 0.15) is 11.4 Å². The number of hydrogen-bond acceptors (Lipinski definition) is 3. The van der Waals surface area contributed by atoms with Crippen molar-refractivity contribution in [3.63, 3.8) is 0 Å². The molecule has 4 rings (SSSR count). The molecule has 4 nitrogen and oxygen atoms in total. The number of Topliss-reactive ketones (excluding diaryl/α,β-unsaturated/α-hetero) is 1. The number of nitrogens with zero attached hydrogens (tertiary/aromatic N) is 1. The van der Waals surface area contributed by atoms with Crippen molar-refractivity contribution in [2.75, 3.05) is 13.1 Å². The van der Waals surface area contributed by atoms with E-state index < -0.39 is 17.3 Å². The lowest BCUT2D eigenvalue weighted by molar-refractivity contribution is -0.137. The molecular weight excluding hydrogens is 395 g/mol. The number of rotatable bonds is 1. The van der Waals surface area contributed by atoms with Crippen LogP contribution in [0.3, 0.4) is 0 Å². The number of piperidine rings is 1. The number of amides is 1. The standard InChI is InChI=1S/C23H22F3NO3/c1-14-3-8-18-19(28)13-22(30-20(18)15(14)2)9-11-27(12-10-22)21(29)16-4-6-17(7-5-16)23(24,25)26/h3-8H,9-13H2,1-2H3. The van der Waals surface area contributed by atoms with Gasteiger partial charge >= 0.3 is 6.18 Å². The number of likely N-dealkylation sites (tertiary alicyclic amines) is 1. The summed E-state index contributed by atoms with van der Waals surface area (Å²) in [6.45, 7) is 4.67. The Kier molecular flexibility index (Phi) is 4.87. The van der Waals surface area contributed by atoms with Gasteiger partial charge in [-0.1, -0.05) is 6.07 Å². The van der Waals surface area contributed by atoms with Crippen LogP contribution in [0.15, 0.2) is 36.4 Å². The molecule has 1 spiro atoms. The van der Waals surface area contributed by atoms with Crippen LogP contribution >= 0.6 is 0 Å². The monoisotopic (exact) mass is 417 g/mol. The summed E-state index contributed by atoms with van der Waals surface area (Å²) in [6, 6.07) is 7.97. The second-order valence-corrected chi connectivity index (χ2v) is 8.14. The lowest BCUT2D eigenvalue weighted by Gasteiger charge is -2.44. The van der Waals surface area contributed by atoms with Crippen LogP contribution in [-0.2, 0) is 6.18 Å². The van der Waals surface area contributed by atoms with E-state index in [1.807, 2.05) is 19.9 Å². The first-order valence-corrected chi connectivity index (χ1v) is 9.89. The normalized spacial score (nSPS) is 18.2. The summed E-state index contributed by atoms with van der Waals surface area (Å²) >= 11 is 0. The van der Waals surface area contributed by atoms with Crippen molar-refractivity contribution in [2.24, 2.45) is 0 Å². The molecule has 0 aromatic heterocycles. The fraction of sp³-hybridized carbons (Fsp3) is 0.391. The molecule has 1 amide bonds. The van der Waals surface area contributed by atoms with Crippen molar-refractivity contribution in [3.8, 4) is 5.75 Å². The van der Waals surface area contributed by atoms with Crippen molar-refractivity contribution in [1.82, 2.24) is 4.90 Å². The first-order valence-electron chi connectivity index (χ1n) is 9.89. The molecular formula is C23H22F3NO3. The molecule has 2 aliphatic rings. The van der Waals surface area contributed by atoms with E-state index in [0.29, 0.717) is 37.2 Å². The third-order valence-electron chi connectivity index (χ3n) is 6.20. The predicted octanol–water partition coefficient (Wildman–Crippen LogP) is 4.96. The smallest absolute Gasteiger partial charge is 0.416 e. The van der Waals surface area contributed by atoms with Crippen LogP contribution in [0.2, 0.25) is 0 Å². The zero-order valence-electron chi connectivity index (χ0n) is 16.8. The topological polar surface area (TPSA) is 46.6 Å². The number of hydrogen-bond donors (Lipinski definition) is 0. The third kappa shape index (κ3) is 3.57. The quantitative estimate of drug-likeness (QED) is 0.659. The van der Waals surface area contributed by atoms with Crippen LogP contribution in [0.1, 0.15) is 56.7 Å². The van der Waals surface area contributed by atoms with Gasteiger partial charge < -0.3 is 9.64 Å². The lowest BCUT2D eigenvalue weighted by atomic mass is 9.81. The first-order chi connectivity index (χ1) is 14.1. The predicted molar refractivity (Wildman–Crippen MR) is 105 cm³/mol. The van der Waals surface area contributed by atoms with Crippen molar-refractivity contribution >= 4 is 11.7 Å². The Morgan fingerprint density at radius 1 is 1.03 bits per heavy atom. The lowest BCUT2D eigenvalue weighted by Crippen LogP contribution is -2.52. The molecule has 7 heteroatoms. The van der Waals surface area contributed by atoms with Gasteiger partial charge in [0.05, 0.1) is 17.5 Å². The Labute approximate surface area is 172 Å². The summed E-state index contributed by atoms with van der Waals surface area (Å²) in [5, 5.41) is 0. The number of carbonyl (C=O) groups is 2. The minimum absolute atomic E-state index is 0.0434. The Morgan fingerprint density at radius 3 is 2.27 bits per heavy atom. The summed E-state index contributed by atoms with van der Waals surface area (Å²) in [5.74, 6) is 0.365. The number of ether oxygens (including phenoxy) is 1. The second kappa shape index (κ2) is 7.15. The highest BCUT2D eigenvalue weighted by molar-refractivity contribution is 6.01. The third-order valence-corrected chi connectivity index (χ3v) is 6.20. The molecule has 0 radical (unpaired) electrons. The average molecular weight is 417 g/mol. The number of aryl methyl sites for hydroxylation is 1. The number of alkyl halides is 3. The maximum absolute atomic E-state index is 12.7. The first kappa shape index (κ1) is 20.4. The van der Waals surface area contributed by atoms with Gasteiger partial charge in [0.15, 0.2) is 5.78 Å². The molecule has 0 aliphatic carbocycles. The fourth-order valence-electron chi connectivity index (χ4n) is 4.16. The number of halogens is 3. The average Bonchev–Trinajstić information content (AvgIpc) is 2.71. The number of carbonyl (C=O) groups excluding carboxylic acids is 2. The highest BCUT2D eigenvalue weighted by Gasteiger charge is 2.44. The van der Waals surface area contributed by atoms with E-state index in [4.69, 9.17) is 4.74 Å². The van der Waals surface area contributed by atoms with Gasteiger partial charge in [0.2, 0.25) is 0 Å². The Morgan fingerprint density at radius 2 is 1.67 bits per heavy atom. The highest BCUT2D eigenvalue weighted by Crippen LogP contribution is 2.42. The zero-order valence-corrected chi connectivity index (χ0v) is 16.8. The Balaban J connectivity index is 1.48. The molecule has 2 heterocycles. The molecule has 0 saturated carbocycles. The number of fused-ring (bicyclic) bond motifs is 1. The van der Waals surface area contributed by atoms with Crippen LogP contribution in [0, 0.1) is 13.8 Å². The molecule has 30 heavy (non-hydrogen) atoms. The van der Waals surface area contributed by atoms with Gasteiger partial charge in [0, 0.05) is 31.5 Å². The van der Waals surface area contributed by atoms with Gasteiger partial charge in [-0.05, 0) is 55.3 Å². The van der Waals surface area contributed by atoms with Crippen LogP contribution in [0.5, 0.6) is 5.75 Å². The van der Waals surface area contributed by atoms with Crippen LogP contribution in [-0.4, -0.2) is 35.3 Å². The molecule has 0 unspecified atom stereocenters.